The molecule has 1 aliphatic heterocycles. The summed E-state index contributed by atoms with van der Waals surface area (Å²) >= 11 is 0. The molecular weight excluding hydrogens is 408 g/mol. The minimum atomic E-state index is -0.507. The van der Waals surface area contributed by atoms with Gasteiger partial charge in [0.15, 0.2) is 0 Å². The number of fused-ring (bicyclic) bond motifs is 1. The van der Waals surface area contributed by atoms with Gasteiger partial charge in [-0.05, 0) is 23.8 Å². The summed E-state index contributed by atoms with van der Waals surface area (Å²) in [5.41, 5.74) is 7.84. The van der Waals surface area contributed by atoms with Crippen LogP contribution in [0.3, 0.4) is 0 Å². The Morgan fingerprint density at radius 1 is 1.12 bits per heavy atom. The molecule has 1 unspecified atom stereocenters. The molecule has 2 amide bonds. The zero-order valence-corrected chi connectivity index (χ0v) is 18.1. The third kappa shape index (κ3) is 4.76. The smallest absolute Gasteiger partial charge is 0.250 e. The molecule has 1 fully saturated rings. The van der Waals surface area contributed by atoms with Crippen LogP contribution in [0.4, 0.5) is 0 Å². The third-order valence-corrected chi connectivity index (χ3v) is 5.85. The van der Waals surface area contributed by atoms with E-state index in [0.29, 0.717) is 25.3 Å². The molecule has 0 saturated carbocycles. The van der Waals surface area contributed by atoms with Crippen LogP contribution in [-0.2, 0) is 16.1 Å². The highest BCUT2D eigenvalue weighted by atomic mass is 16.5. The summed E-state index contributed by atoms with van der Waals surface area (Å²) in [6.07, 6.45) is 1.65. The fraction of sp³-hybridized carbons (Fsp3) is 0.333. The van der Waals surface area contributed by atoms with Crippen molar-refractivity contribution in [3.8, 4) is 5.75 Å². The monoisotopic (exact) mass is 436 g/mol. The van der Waals surface area contributed by atoms with Crippen molar-refractivity contribution in [3.63, 3.8) is 0 Å². The van der Waals surface area contributed by atoms with Gasteiger partial charge in [0, 0.05) is 36.7 Å². The predicted molar refractivity (Wildman–Crippen MR) is 122 cm³/mol. The van der Waals surface area contributed by atoms with Crippen LogP contribution in [-0.4, -0.2) is 61.2 Å². The van der Waals surface area contributed by atoms with E-state index in [1.54, 1.807) is 17.9 Å². The van der Waals surface area contributed by atoms with Gasteiger partial charge in [-0.2, -0.15) is 0 Å². The van der Waals surface area contributed by atoms with Crippen molar-refractivity contribution in [1.82, 2.24) is 14.8 Å². The van der Waals surface area contributed by atoms with Crippen molar-refractivity contribution < 1.29 is 19.1 Å². The van der Waals surface area contributed by atoms with E-state index in [1.165, 1.54) is 0 Å². The Morgan fingerprint density at radius 2 is 1.84 bits per heavy atom. The van der Waals surface area contributed by atoms with Crippen LogP contribution in [0, 0.1) is 0 Å². The van der Waals surface area contributed by atoms with E-state index in [4.69, 9.17) is 15.2 Å². The topological polar surface area (TPSA) is 98.8 Å². The van der Waals surface area contributed by atoms with Crippen LogP contribution in [0.25, 0.3) is 10.9 Å². The Bertz CT molecular complexity index is 1090. The van der Waals surface area contributed by atoms with Gasteiger partial charge < -0.3 is 25.1 Å². The van der Waals surface area contributed by atoms with Crippen LogP contribution in [0.5, 0.6) is 5.75 Å². The Hall–Kier alpha value is -3.36. The minimum absolute atomic E-state index is 0.0244. The lowest BCUT2D eigenvalue weighted by atomic mass is 10.0. The molecule has 1 atom stereocenters. The van der Waals surface area contributed by atoms with Crippen LogP contribution in [0.15, 0.2) is 54.7 Å². The largest absolute Gasteiger partial charge is 0.497 e. The molecule has 3 N–H and O–H groups in total. The van der Waals surface area contributed by atoms with Crippen molar-refractivity contribution in [1.29, 1.82) is 0 Å². The highest BCUT2D eigenvalue weighted by molar-refractivity contribution is 6.06. The Balaban J connectivity index is 1.48. The number of rotatable bonds is 8. The van der Waals surface area contributed by atoms with E-state index in [9.17, 15) is 9.59 Å². The lowest BCUT2D eigenvalue weighted by Crippen LogP contribution is -2.44. The molecule has 2 aromatic carbocycles. The first-order chi connectivity index (χ1) is 15.6. The molecule has 8 nitrogen and oxygen atoms in total. The Kier molecular flexibility index (Phi) is 6.72. The normalized spacial score (nSPS) is 15.4. The molecule has 2 heterocycles. The zero-order chi connectivity index (χ0) is 22.5. The first-order valence-corrected chi connectivity index (χ1v) is 10.7. The van der Waals surface area contributed by atoms with Crippen LogP contribution in [0.1, 0.15) is 22.0 Å². The van der Waals surface area contributed by atoms with Gasteiger partial charge in [-0.3, -0.25) is 14.5 Å². The fourth-order valence-corrected chi connectivity index (χ4v) is 4.17. The van der Waals surface area contributed by atoms with E-state index in [1.807, 2.05) is 48.5 Å². The molecule has 0 bridgehead atoms. The standard InChI is InChI=1S/C24H28N4O4/c1-31-18-8-6-17(7-9-18)22(27-10-12-32-13-11-27)14-26-23(29)16-28-15-20(24(25)30)19-4-2-3-5-21(19)28/h2-9,15,22H,10-14,16H2,1H3,(H2,25,30)(H,26,29). The number of nitrogens with one attached hydrogen (secondary N) is 1. The molecule has 4 rings (SSSR count). The van der Waals surface area contributed by atoms with E-state index in [0.717, 1.165) is 35.3 Å². The fourth-order valence-electron chi connectivity index (χ4n) is 4.17. The minimum Gasteiger partial charge on any atom is -0.497 e. The maximum atomic E-state index is 12.8. The lowest BCUT2D eigenvalue weighted by molar-refractivity contribution is -0.122. The number of morpholine rings is 1. The molecular formula is C24H28N4O4. The number of carbonyl (C=O) groups is 2. The second kappa shape index (κ2) is 9.84. The molecule has 1 saturated heterocycles. The van der Waals surface area contributed by atoms with E-state index < -0.39 is 5.91 Å². The number of para-hydroxylation sites is 1. The van der Waals surface area contributed by atoms with Crippen molar-refractivity contribution in [2.24, 2.45) is 5.73 Å². The van der Waals surface area contributed by atoms with Gasteiger partial charge >= 0.3 is 0 Å². The van der Waals surface area contributed by atoms with Gasteiger partial charge in [-0.1, -0.05) is 30.3 Å². The van der Waals surface area contributed by atoms with Gasteiger partial charge in [0.05, 0.1) is 31.9 Å². The number of amides is 2. The first-order valence-electron chi connectivity index (χ1n) is 10.7. The number of carbonyl (C=O) groups excluding carboxylic acids is 2. The van der Waals surface area contributed by atoms with Crippen molar-refractivity contribution in [2.45, 2.75) is 12.6 Å². The molecule has 0 spiro atoms. The maximum absolute atomic E-state index is 12.8. The number of hydrogen-bond acceptors (Lipinski definition) is 5. The highest BCUT2D eigenvalue weighted by Crippen LogP contribution is 2.24. The van der Waals surface area contributed by atoms with E-state index >= 15 is 0 Å². The van der Waals surface area contributed by atoms with Crippen LogP contribution in [0.2, 0.25) is 0 Å². The van der Waals surface area contributed by atoms with Crippen molar-refractivity contribution in [2.75, 3.05) is 40.0 Å². The first kappa shape index (κ1) is 21.9. The second-order valence-electron chi connectivity index (χ2n) is 7.79. The number of aromatic nitrogens is 1. The van der Waals surface area contributed by atoms with Crippen LogP contribution >= 0.6 is 0 Å². The average Bonchev–Trinajstić information content (AvgIpc) is 3.19. The molecule has 1 aromatic heterocycles. The van der Waals surface area contributed by atoms with Gasteiger partial charge in [0.2, 0.25) is 5.91 Å². The van der Waals surface area contributed by atoms with Gasteiger partial charge in [0.1, 0.15) is 12.3 Å². The van der Waals surface area contributed by atoms with Crippen molar-refractivity contribution >= 4 is 22.7 Å². The summed E-state index contributed by atoms with van der Waals surface area (Å²) in [4.78, 5) is 27.0. The summed E-state index contributed by atoms with van der Waals surface area (Å²) in [5, 5.41) is 3.82. The summed E-state index contributed by atoms with van der Waals surface area (Å²) in [5.74, 6) is 0.157. The SMILES string of the molecule is COc1ccc(C(CNC(=O)Cn2cc(C(N)=O)c3ccccc32)N2CCOCC2)cc1. The molecule has 32 heavy (non-hydrogen) atoms. The summed E-state index contributed by atoms with van der Waals surface area (Å²) in [7, 11) is 1.64. The zero-order valence-electron chi connectivity index (χ0n) is 18.1. The molecule has 0 radical (unpaired) electrons. The second-order valence-corrected chi connectivity index (χ2v) is 7.79. The number of methoxy groups -OCH3 is 1. The Morgan fingerprint density at radius 3 is 2.53 bits per heavy atom. The maximum Gasteiger partial charge on any atom is 0.250 e. The molecule has 8 heteroatoms. The summed E-state index contributed by atoms with van der Waals surface area (Å²) in [6.45, 7) is 3.52. The molecule has 0 aliphatic carbocycles. The van der Waals surface area contributed by atoms with Crippen LogP contribution < -0.4 is 15.8 Å². The predicted octanol–water partition coefficient (Wildman–Crippen LogP) is 1.94. The highest BCUT2D eigenvalue weighted by Gasteiger charge is 2.23. The molecule has 168 valence electrons. The number of benzene rings is 2. The van der Waals surface area contributed by atoms with Gasteiger partial charge in [-0.15, -0.1) is 0 Å². The van der Waals surface area contributed by atoms with Crippen molar-refractivity contribution in [3.05, 3.63) is 65.9 Å². The summed E-state index contributed by atoms with van der Waals surface area (Å²) in [6, 6.07) is 15.4. The average molecular weight is 437 g/mol. The van der Waals surface area contributed by atoms with E-state index in [-0.39, 0.29) is 18.5 Å². The molecule has 1 aliphatic rings. The lowest BCUT2D eigenvalue weighted by Gasteiger charge is -2.35. The number of nitrogens with two attached hydrogens (primary N) is 1. The third-order valence-electron chi connectivity index (χ3n) is 5.85. The van der Waals surface area contributed by atoms with Gasteiger partial charge in [-0.25, -0.2) is 0 Å². The Labute approximate surface area is 186 Å². The number of primary amides is 1. The number of hydrogen-bond donors (Lipinski definition) is 2. The van der Waals surface area contributed by atoms with Gasteiger partial charge in [0.25, 0.3) is 5.91 Å². The molecule has 3 aromatic rings. The quantitative estimate of drug-likeness (QED) is 0.562. The van der Waals surface area contributed by atoms with E-state index in [2.05, 4.69) is 10.2 Å². The number of ether oxygens (including phenoxy) is 2. The summed E-state index contributed by atoms with van der Waals surface area (Å²) < 4.78 is 12.5. The number of nitrogens with zero attached hydrogens (tertiary/aromatic N) is 2.